The van der Waals surface area contributed by atoms with E-state index in [1.165, 1.54) is 89.0 Å². The van der Waals surface area contributed by atoms with Crippen LogP contribution < -0.4 is 0 Å². The van der Waals surface area contributed by atoms with Gasteiger partial charge >= 0.3 is 0 Å². The maximum absolute atomic E-state index is 14.8. The second-order valence-corrected chi connectivity index (χ2v) is 10.3. The molecule has 1 aromatic heterocycles. The lowest BCUT2D eigenvalue weighted by molar-refractivity contribution is 0.251. The van der Waals surface area contributed by atoms with E-state index in [4.69, 9.17) is 0 Å². The Morgan fingerprint density at radius 2 is 1.39 bits per heavy atom. The minimum absolute atomic E-state index is 0.383. The van der Waals surface area contributed by atoms with Crippen molar-refractivity contribution in [2.45, 2.75) is 117 Å². The maximum Gasteiger partial charge on any atom is 0.224 e. The first-order chi connectivity index (χ1) is 16.2. The third-order valence-corrected chi connectivity index (χ3v) is 7.57. The van der Waals surface area contributed by atoms with E-state index in [0.717, 1.165) is 36.7 Å². The van der Waals surface area contributed by atoms with Gasteiger partial charge in [0, 0.05) is 12.6 Å². The molecule has 0 saturated heterocycles. The van der Waals surface area contributed by atoms with E-state index < -0.39 is 0 Å². The Labute approximate surface area is 201 Å². The van der Waals surface area contributed by atoms with Gasteiger partial charge in [-0.25, -0.2) is 9.97 Å². The van der Waals surface area contributed by atoms with Crippen LogP contribution in [-0.4, -0.2) is 9.97 Å². The van der Waals surface area contributed by atoms with E-state index in [1.807, 2.05) is 12.1 Å². The first kappa shape index (κ1) is 25.8. The number of hydrogen-bond donors (Lipinski definition) is 0. The van der Waals surface area contributed by atoms with E-state index in [-0.39, 0.29) is 5.95 Å². The summed E-state index contributed by atoms with van der Waals surface area (Å²) in [6.07, 6.45) is 22.0. The molecule has 0 atom stereocenters. The van der Waals surface area contributed by atoms with Gasteiger partial charge < -0.3 is 0 Å². The first-order valence-corrected chi connectivity index (χ1v) is 13.8. The van der Waals surface area contributed by atoms with Gasteiger partial charge in [-0.2, -0.15) is 4.39 Å². The van der Waals surface area contributed by atoms with E-state index >= 15 is 0 Å². The van der Waals surface area contributed by atoms with Gasteiger partial charge in [-0.15, -0.1) is 0 Å². The summed E-state index contributed by atoms with van der Waals surface area (Å²) in [6, 6.07) is 8.31. The van der Waals surface area contributed by atoms with Crippen LogP contribution in [0.15, 0.2) is 30.5 Å². The van der Waals surface area contributed by atoms with Crippen LogP contribution in [0.4, 0.5) is 4.39 Å². The summed E-state index contributed by atoms with van der Waals surface area (Å²) >= 11 is 0. The number of aromatic nitrogens is 2. The lowest BCUT2D eigenvalue weighted by Gasteiger charge is -2.28. The monoisotopic (exact) mass is 452 g/mol. The Bertz CT molecular complexity index is 793. The largest absolute Gasteiger partial charge is 0.241 e. The highest BCUT2D eigenvalue weighted by Gasteiger charge is 2.21. The zero-order valence-electron chi connectivity index (χ0n) is 21.1. The fourth-order valence-electron chi connectivity index (χ4n) is 5.40. The molecule has 1 aliphatic rings. The molecule has 182 valence electrons. The van der Waals surface area contributed by atoms with Gasteiger partial charge in [-0.1, -0.05) is 115 Å². The second-order valence-electron chi connectivity index (χ2n) is 10.3. The average Bonchev–Trinajstić information content (AvgIpc) is 2.84. The van der Waals surface area contributed by atoms with Crippen molar-refractivity contribution < 1.29 is 4.39 Å². The SMILES string of the molecule is CCCCCCCCCc1ccc(-c2cnc(CCC3CCC(CCC)CC3)nc2F)cc1. The molecular formula is C30H45FN2. The van der Waals surface area contributed by atoms with E-state index in [0.29, 0.717) is 11.4 Å². The molecule has 0 aliphatic heterocycles. The van der Waals surface area contributed by atoms with Gasteiger partial charge in [-0.05, 0) is 42.2 Å². The summed E-state index contributed by atoms with van der Waals surface area (Å²) < 4.78 is 14.8. The number of halogens is 1. The van der Waals surface area contributed by atoms with Crippen molar-refractivity contribution in [1.29, 1.82) is 0 Å². The zero-order chi connectivity index (χ0) is 23.3. The molecule has 0 unspecified atom stereocenters. The van der Waals surface area contributed by atoms with Crippen LogP contribution in [0.1, 0.15) is 115 Å². The number of unbranched alkanes of at least 4 members (excludes halogenated alkanes) is 6. The van der Waals surface area contributed by atoms with Crippen LogP contribution in [0.3, 0.4) is 0 Å². The van der Waals surface area contributed by atoms with Gasteiger partial charge in [0.15, 0.2) is 0 Å². The second kappa shape index (κ2) is 14.5. The Morgan fingerprint density at radius 1 is 0.758 bits per heavy atom. The van der Waals surface area contributed by atoms with Crippen molar-refractivity contribution in [3.05, 3.63) is 47.8 Å². The summed E-state index contributed by atoms with van der Waals surface area (Å²) in [5, 5.41) is 0. The van der Waals surface area contributed by atoms with Gasteiger partial charge in [-0.3, -0.25) is 0 Å². The Balaban J connectivity index is 1.42. The number of benzene rings is 1. The highest BCUT2D eigenvalue weighted by atomic mass is 19.1. The maximum atomic E-state index is 14.8. The Morgan fingerprint density at radius 3 is 2.03 bits per heavy atom. The molecule has 0 amide bonds. The number of rotatable bonds is 14. The van der Waals surface area contributed by atoms with Crippen molar-refractivity contribution in [2.75, 3.05) is 0 Å². The van der Waals surface area contributed by atoms with Crippen molar-refractivity contribution in [3.63, 3.8) is 0 Å². The lowest BCUT2D eigenvalue weighted by atomic mass is 9.78. The van der Waals surface area contributed by atoms with Crippen molar-refractivity contribution >= 4 is 0 Å². The van der Waals surface area contributed by atoms with Crippen LogP contribution >= 0.6 is 0 Å². The van der Waals surface area contributed by atoms with Crippen LogP contribution in [0.2, 0.25) is 0 Å². The molecule has 1 heterocycles. The molecule has 0 bridgehead atoms. The number of aryl methyl sites for hydroxylation is 2. The van der Waals surface area contributed by atoms with E-state index in [9.17, 15) is 4.39 Å². The molecule has 1 aliphatic carbocycles. The van der Waals surface area contributed by atoms with Crippen molar-refractivity contribution in [2.24, 2.45) is 11.8 Å². The fraction of sp³-hybridized carbons (Fsp3) is 0.667. The molecule has 3 heteroatoms. The molecular weight excluding hydrogens is 407 g/mol. The minimum Gasteiger partial charge on any atom is -0.241 e. The minimum atomic E-state index is -0.383. The van der Waals surface area contributed by atoms with Crippen LogP contribution in [0.25, 0.3) is 11.1 Å². The molecule has 0 spiro atoms. The van der Waals surface area contributed by atoms with Crippen molar-refractivity contribution in [3.8, 4) is 11.1 Å². The van der Waals surface area contributed by atoms with E-state index in [1.54, 1.807) is 6.20 Å². The molecule has 33 heavy (non-hydrogen) atoms. The van der Waals surface area contributed by atoms with Crippen LogP contribution in [0, 0.1) is 17.8 Å². The summed E-state index contributed by atoms with van der Waals surface area (Å²) in [5.41, 5.74) is 2.72. The topological polar surface area (TPSA) is 25.8 Å². The first-order valence-electron chi connectivity index (χ1n) is 13.8. The highest BCUT2D eigenvalue weighted by Crippen LogP contribution is 2.33. The lowest BCUT2D eigenvalue weighted by Crippen LogP contribution is -2.15. The fourth-order valence-corrected chi connectivity index (χ4v) is 5.40. The zero-order valence-corrected chi connectivity index (χ0v) is 21.1. The van der Waals surface area contributed by atoms with Gasteiger partial charge in [0.2, 0.25) is 5.95 Å². The van der Waals surface area contributed by atoms with Gasteiger partial charge in [0.25, 0.3) is 0 Å². The Hall–Kier alpha value is -1.77. The van der Waals surface area contributed by atoms with Crippen molar-refractivity contribution in [1.82, 2.24) is 9.97 Å². The summed E-state index contributed by atoms with van der Waals surface area (Å²) in [5.74, 6) is 1.96. The number of hydrogen-bond acceptors (Lipinski definition) is 2. The van der Waals surface area contributed by atoms with Crippen LogP contribution in [0.5, 0.6) is 0 Å². The predicted molar refractivity (Wildman–Crippen MR) is 138 cm³/mol. The third-order valence-electron chi connectivity index (χ3n) is 7.57. The molecule has 0 N–H and O–H groups in total. The van der Waals surface area contributed by atoms with E-state index in [2.05, 4.69) is 35.9 Å². The molecule has 3 rings (SSSR count). The quantitative estimate of drug-likeness (QED) is 0.211. The predicted octanol–water partition coefficient (Wildman–Crippen LogP) is 9.11. The summed E-state index contributed by atoms with van der Waals surface area (Å²) in [4.78, 5) is 8.72. The smallest absolute Gasteiger partial charge is 0.224 e. The molecule has 1 aromatic carbocycles. The van der Waals surface area contributed by atoms with Gasteiger partial charge in [0.05, 0.1) is 5.56 Å². The average molecular weight is 453 g/mol. The molecule has 0 radical (unpaired) electrons. The molecule has 1 saturated carbocycles. The normalized spacial score (nSPS) is 18.5. The summed E-state index contributed by atoms with van der Waals surface area (Å²) in [6.45, 7) is 4.55. The standard InChI is InChI=1S/C30H45FN2/c1-3-5-6-7-8-9-10-12-25-17-20-27(21-18-25)28-23-32-29(33-30(28)31)22-19-26-15-13-24(11-4-2)14-16-26/h17-18,20-21,23-24,26H,3-16,19,22H2,1-2H3. The summed E-state index contributed by atoms with van der Waals surface area (Å²) in [7, 11) is 0. The molecule has 1 fully saturated rings. The Kier molecular flexibility index (Phi) is 11.3. The molecule has 2 aromatic rings. The highest BCUT2D eigenvalue weighted by molar-refractivity contribution is 5.62. The van der Waals surface area contributed by atoms with Gasteiger partial charge in [0.1, 0.15) is 5.82 Å². The molecule has 2 nitrogen and oxygen atoms in total. The van der Waals surface area contributed by atoms with Crippen LogP contribution in [-0.2, 0) is 12.8 Å². The third kappa shape index (κ3) is 8.83. The number of nitrogens with zero attached hydrogens (tertiary/aromatic N) is 2.